The molecule has 4 unspecified atom stereocenters. The van der Waals surface area contributed by atoms with E-state index in [0.717, 1.165) is 5.56 Å². The minimum Gasteiger partial charge on any atom is -0.480 e. The number of carbonyl (C=O) groups is 4. The molecule has 0 aliphatic heterocycles. The summed E-state index contributed by atoms with van der Waals surface area (Å²) in [7, 11) is 0. The van der Waals surface area contributed by atoms with Crippen molar-refractivity contribution in [3.8, 4) is 0 Å². The number of carbonyl (C=O) groups excluding carboxylic acids is 3. The summed E-state index contributed by atoms with van der Waals surface area (Å²) < 4.78 is 0. The number of hydrogen-bond donors (Lipinski definition) is 7. The maximum atomic E-state index is 12.8. The van der Waals surface area contributed by atoms with Crippen LogP contribution in [0.1, 0.15) is 51.0 Å². The van der Waals surface area contributed by atoms with Crippen LogP contribution in [0.2, 0.25) is 0 Å². The van der Waals surface area contributed by atoms with E-state index in [0.29, 0.717) is 45.2 Å². The van der Waals surface area contributed by atoms with Gasteiger partial charge in [-0.25, -0.2) is 4.79 Å². The van der Waals surface area contributed by atoms with E-state index in [-0.39, 0.29) is 12.8 Å². The van der Waals surface area contributed by atoms with Crippen LogP contribution in [0.4, 0.5) is 0 Å². The Kier molecular flexibility index (Phi) is 14.2. The summed E-state index contributed by atoms with van der Waals surface area (Å²) in [5.41, 5.74) is 17.9. The summed E-state index contributed by atoms with van der Waals surface area (Å²) in [6.45, 7) is 2.34. The molecule has 11 heteroatoms. The lowest BCUT2D eigenvalue weighted by molar-refractivity contribution is -0.142. The van der Waals surface area contributed by atoms with E-state index in [4.69, 9.17) is 17.2 Å². The maximum absolute atomic E-state index is 12.8. The largest absolute Gasteiger partial charge is 0.480 e. The molecule has 196 valence electrons. The van der Waals surface area contributed by atoms with Crippen LogP contribution in [-0.2, 0) is 25.6 Å². The maximum Gasteiger partial charge on any atom is 0.326 e. The van der Waals surface area contributed by atoms with Gasteiger partial charge in [0, 0.05) is 0 Å². The van der Waals surface area contributed by atoms with Crippen LogP contribution in [0.25, 0.3) is 0 Å². The first-order valence-electron chi connectivity index (χ1n) is 12.0. The fourth-order valence-corrected chi connectivity index (χ4v) is 3.43. The predicted molar refractivity (Wildman–Crippen MR) is 133 cm³/mol. The Hall–Kier alpha value is -3.02. The average molecular weight is 493 g/mol. The lowest BCUT2D eigenvalue weighted by Crippen LogP contribution is -2.56. The molecular formula is C24H40N6O5. The van der Waals surface area contributed by atoms with Crippen molar-refractivity contribution in [3.63, 3.8) is 0 Å². The van der Waals surface area contributed by atoms with Crippen LogP contribution in [0, 0.1) is 0 Å². The van der Waals surface area contributed by atoms with Crippen molar-refractivity contribution in [1.82, 2.24) is 16.0 Å². The summed E-state index contributed by atoms with van der Waals surface area (Å²) in [6.07, 6.45) is 3.20. The molecule has 0 spiro atoms. The molecule has 0 heterocycles. The number of hydrogen-bond acceptors (Lipinski definition) is 7. The zero-order valence-corrected chi connectivity index (χ0v) is 20.4. The summed E-state index contributed by atoms with van der Waals surface area (Å²) in [4.78, 5) is 49.6. The summed E-state index contributed by atoms with van der Waals surface area (Å²) >= 11 is 0. The molecule has 10 N–H and O–H groups in total. The number of unbranched alkanes of at least 4 members (excludes halogenated alkanes) is 2. The van der Waals surface area contributed by atoms with Gasteiger partial charge in [0.15, 0.2) is 0 Å². The molecule has 0 saturated carbocycles. The number of aliphatic carboxylic acids is 1. The van der Waals surface area contributed by atoms with Crippen molar-refractivity contribution in [2.45, 2.75) is 76.0 Å². The number of nitrogens with one attached hydrogen (secondary N) is 3. The zero-order chi connectivity index (χ0) is 26.2. The van der Waals surface area contributed by atoms with Gasteiger partial charge in [-0.1, -0.05) is 30.3 Å². The van der Waals surface area contributed by atoms with E-state index in [1.165, 1.54) is 6.92 Å². The summed E-state index contributed by atoms with van der Waals surface area (Å²) in [6, 6.07) is 5.41. The third-order valence-corrected chi connectivity index (χ3v) is 5.53. The smallest absolute Gasteiger partial charge is 0.326 e. The minimum absolute atomic E-state index is 0.230. The summed E-state index contributed by atoms with van der Waals surface area (Å²) in [5.74, 6) is -2.83. The van der Waals surface area contributed by atoms with Gasteiger partial charge in [-0.15, -0.1) is 0 Å². The molecule has 1 aromatic carbocycles. The Balaban J connectivity index is 2.73. The number of amides is 3. The number of carboxylic acids is 1. The van der Waals surface area contributed by atoms with Crippen molar-refractivity contribution < 1.29 is 24.3 Å². The van der Waals surface area contributed by atoms with Gasteiger partial charge in [-0.2, -0.15) is 0 Å². The van der Waals surface area contributed by atoms with Gasteiger partial charge in [0.25, 0.3) is 0 Å². The standard InChI is InChI=1S/C24H40N6O5/c1-16(28-22(32)18(27)15-17-9-3-2-4-10-17)21(31)29-19(11-5-7-13-25)23(33)30-20(24(34)35)12-6-8-14-26/h2-4,9-10,16,18-20H,5-8,11-15,25-27H2,1H3,(H,28,32)(H,29,31)(H,30,33)(H,34,35). The molecule has 0 aromatic heterocycles. The van der Waals surface area contributed by atoms with E-state index in [9.17, 15) is 24.3 Å². The second kappa shape index (κ2) is 16.6. The van der Waals surface area contributed by atoms with Gasteiger partial charge >= 0.3 is 5.97 Å². The monoisotopic (exact) mass is 492 g/mol. The molecule has 0 saturated heterocycles. The second-order valence-corrected chi connectivity index (χ2v) is 8.56. The van der Waals surface area contributed by atoms with E-state index in [1.807, 2.05) is 30.3 Å². The number of carboxylic acid groups (broad SMARTS) is 1. The lowest BCUT2D eigenvalue weighted by atomic mass is 10.0. The van der Waals surface area contributed by atoms with E-state index >= 15 is 0 Å². The minimum atomic E-state index is -1.16. The third-order valence-electron chi connectivity index (χ3n) is 5.53. The Labute approximate surface area is 206 Å². The molecule has 0 aliphatic rings. The first kappa shape index (κ1) is 30.0. The van der Waals surface area contributed by atoms with Crippen molar-refractivity contribution >= 4 is 23.7 Å². The van der Waals surface area contributed by atoms with Crippen molar-refractivity contribution in [1.29, 1.82) is 0 Å². The van der Waals surface area contributed by atoms with Crippen molar-refractivity contribution in [3.05, 3.63) is 35.9 Å². The molecule has 0 fully saturated rings. The van der Waals surface area contributed by atoms with Crippen LogP contribution >= 0.6 is 0 Å². The molecule has 0 radical (unpaired) electrons. The Morgan fingerprint density at radius 2 is 1.34 bits per heavy atom. The molecule has 35 heavy (non-hydrogen) atoms. The highest BCUT2D eigenvalue weighted by atomic mass is 16.4. The number of benzene rings is 1. The Morgan fingerprint density at radius 1 is 0.800 bits per heavy atom. The zero-order valence-electron chi connectivity index (χ0n) is 20.4. The molecule has 0 bridgehead atoms. The van der Waals surface area contributed by atoms with Crippen LogP contribution in [0.15, 0.2) is 30.3 Å². The Bertz CT molecular complexity index is 807. The SMILES string of the molecule is CC(NC(=O)C(N)Cc1ccccc1)C(=O)NC(CCCCN)C(=O)NC(CCCCN)C(=O)O. The summed E-state index contributed by atoms with van der Waals surface area (Å²) in [5, 5.41) is 17.1. The van der Waals surface area contributed by atoms with E-state index < -0.39 is 47.9 Å². The quantitative estimate of drug-likeness (QED) is 0.139. The Morgan fingerprint density at radius 3 is 1.89 bits per heavy atom. The molecular weight excluding hydrogens is 452 g/mol. The van der Waals surface area contributed by atoms with Crippen LogP contribution in [-0.4, -0.2) is 66.1 Å². The number of nitrogens with two attached hydrogens (primary N) is 3. The van der Waals surface area contributed by atoms with E-state index in [1.54, 1.807) is 0 Å². The van der Waals surface area contributed by atoms with Gasteiger partial charge in [0.05, 0.1) is 6.04 Å². The highest BCUT2D eigenvalue weighted by molar-refractivity contribution is 5.93. The van der Waals surface area contributed by atoms with Gasteiger partial charge in [-0.05, 0) is 70.5 Å². The molecule has 3 amide bonds. The van der Waals surface area contributed by atoms with Crippen LogP contribution < -0.4 is 33.2 Å². The highest BCUT2D eigenvalue weighted by Gasteiger charge is 2.28. The van der Waals surface area contributed by atoms with Gasteiger partial charge < -0.3 is 38.3 Å². The second-order valence-electron chi connectivity index (χ2n) is 8.56. The average Bonchev–Trinajstić information content (AvgIpc) is 2.83. The first-order valence-corrected chi connectivity index (χ1v) is 12.0. The van der Waals surface area contributed by atoms with Crippen LogP contribution in [0.3, 0.4) is 0 Å². The van der Waals surface area contributed by atoms with Gasteiger partial charge in [0.1, 0.15) is 18.1 Å². The van der Waals surface area contributed by atoms with Crippen LogP contribution in [0.5, 0.6) is 0 Å². The number of rotatable bonds is 17. The van der Waals surface area contributed by atoms with Gasteiger partial charge in [-0.3, -0.25) is 14.4 Å². The lowest BCUT2D eigenvalue weighted by Gasteiger charge is -2.24. The first-order chi connectivity index (χ1) is 16.7. The van der Waals surface area contributed by atoms with Crippen molar-refractivity contribution in [2.75, 3.05) is 13.1 Å². The fraction of sp³-hybridized carbons (Fsp3) is 0.583. The molecule has 1 aromatic rings. The fourth-order valence-electron chi connectivity index (χ4n) is 3.43. The van der Waals surface area contributed by atoms with Crippen molar-refractivity contribution in [2.24, 2.45) is 17.2 Å². The van der Waals surface area contributed by atoms with Gasteiger partial charge in [0.2, 0.25) is 17.7 Å². The topological polar surface area (TPSA) is 203 Å². The van der Waals surface area contributed by atoms with E-state index in [2.05, 4.69) is 16.0 Å². The highest BCUT2D eigenvalue weighted by Crippen LogP contribution is 2.06. The third kappa shape index (κ3) is 11.8. The molecule has 4 atom stereocenters. The normalized spacial score (nSPS) is 14.3. The molecule has 1 rings (SSSR count). The molecule has 11 nitrogen and oxygen atoms in total. The predicted octanol–water partition coefficient (Wildman–Crippen LogP) is -0.627. The molecule has 0 aliphatic carbocycles.